The molecule has 4 rings (SSSR count). The van der Waals surface area contributed by atoms with Crippen molar-refractivity contribution in [2.75, 3.05) is 27.4 Å². The van der Waals surface area contributed by atoms with Crippen LogP contribution in [0.1, 0.15) is 17.0 Å². The topological polar surface area (TPSA) is 65.8 Å². The lowest BCUT2D eigenvalue weighted by Crippen LogP contribution is -2.35. The molecule has 162 valence electrons. The first-order valence-electron chi connectivity index (χ1n) is 10.3. The molecule has 0 saturated carbocycles. The Morgan fingerprint density at radius 2 is 1.94 bits per heavy atom. The highest BCUT2D eigenvalue weighted by Gasteiger charge is 2.24. The van der Waals surface area contributed by atoms with Gasteiger partial charge in [-0.25, -0.2) is 0 Å². The molecule has 1 amide bonds. The van der Waals surface area contributed by atoms with Crippen LogP contribution in [-0.4, -0.2) is 48.0 Å². The van der Waals surface area contributed by atoms with Crippen LogP contribution in [0.15, 0.2) is 42.5 Å². The molecule has 1 aliphatic heterocycles. The Morgan fingerprint density at radius 3 is 2.65 bits per heavy atom. The second kappa shape index (κ2) is 8.71. The van der Waals surface area contributed by atoms with Crippen LogP contribution in [0.5, 0.6) is 17.2 Å². The maximum absolute atomic E-state index is 13.0. The molecule has 1 aromatic heterocycles. The first-order chi connectivity index (χ1) is 15.0. The maximum atomic E-state index is 13.0. The van der Waals surface area contributed by atoms with Crippen LogP contribution in [0.25, 0.3) is 11.1 Å². The van der Waals surface area contributed by atoms with Gasteiger partial charge in [0, 0.05) is 17.8 Å². The lowest BCUT2D eigenvalue weighted by Gasteiger charge is -2.20. The molecule has 0 saturated heterocycles. The average molecular weight is 421 g/mol. The van der Waals surface area contributed by atoms with Gasteiger partial charge in [0.05, 0.1) is 26.5 Å². The predicted octanol–water partition coefficient (Wildman–Crippen LogP) is 3.61. The summed E-state index contributed by atoms with van der Waals surface area (Å²) in [4.78, 5) is 14.9. The Balaban J connectivity index is 1.65. The summed E-state index contributed by atoms with van der Waals surface area (Å²) in [5.74, 6) is 2.14. The van der Waals surface area contributed by atoms with Gasteiger partial charge in [0.15, 0.2) is 11.5 Å². The third-order valence-electron chi connectivity index (χ3n) is 5.46. The SMILES string of the molecule is COc1cccc(-c2cc3c(c(OC)c2)OCCN(C(=O)Cn2nc(C)cc2C)C3)c1. The molecule has 0 radical (unpaired) electrons. The van der Waals surface area contributed by atoms with E-state index in [-0.39, 0.29) is 12.5 Å². The number of carbonyl (C=O) groups is 1. The van der Waals surface area contributed by atoms with Crippen molar-refractivity contribution in [3.05, 3.63) is 59.4 Å². The first kappa shape index (κ1) is 20.8. The highest BCUT2D eigenvalue weighted by molar-refractivity contribution is 5.77. The van der Waals surface area contributed by atoms with E-state index in [1.165, 1.54) is 0 Å². The Morgan fingerprint density at radius 1 is 1.10 bits per heavy atom. The number of fused-ring (bicyclic) bond motifs is 1. The molecule has 0 atom stereocenters. The number of hydrogen-bond donors (Lipinski definition) is 0. The number of methoxy groups -OCH3 is 2. The average Bonchev–Trinajstić information content (AvgIpc) is 2.96. The van der Waals surface area contributed by atoms with Gasteiger partial charge in [0.2, 0.25) is 5.91 Å². The van der Waals surface area contributed by atoms with Crippen molar-refractivity contribution >= 4 is 5.91 Å². The normalized spacial score (nSPS) is 13.2. The Kier molecular flexibility index (Phi) is 5.84. The van der Waals surface area contributed by atoms with Gasteiger partial charge < -0.3 is 19.1 Å². The summed E-state index contributed by atoms with van der Waals surface area (Å²) in [5, 5.41) is 4.42. The minimum atomic E-state index is 0.00778. The van der Waals surface area contributed by atoms with Gasteiger partial charge in [-0.3, -0.25) is 9.48 Å². The molecule has 0 fully saturated rings. The molecule has 7 nitrogen and oxygen atoms in total. The Hall–Kier alpha value is -3.48. The van der Waals surface area contributed by atoms with Crippen molar-refractivity contribution in [1.82, 2.24) is 14.7 Å². The van der Waals surface area contributed by atoms with E-state index in [4.69, 9.17) is 14.2 Å². The first-order valence-corrected chi connectivity index (χ1v) is 10.3. The van der Waals surface area contributed by atoms with Crippen LogP contribution in [0.2, 0.25) is 0 Å². The van der Waals surface area contributed by atoms with Gasteiger partial charge in [0.25, 0.3) is 0 Å². The maximum Gasteiger partial charge on any atom is 0.244 e. The van der Waals surface area contributed by atoms with Gasteiger partial charge in [-0.1, -0.05) is 12.1 Å². The number of aryl methyl sites for hydroxylation is 2. The molecule has 2 heterocycles. The molecule has 0 aliphatic carbocycles. The number of hydrogen-bond acceptors (Lipinski definition) is 5. The van der Waals surface area contributed by atoms with Gasteiger partial charge in [-0.2, -0.15) is 5.10 Å². The number of amides is 1. The van der Waals surface area contributed by atoms with E-state index in [0.717, 1.165) is 33.8 Å². The summed E-state index contributed by atoms with van der Waals surface area (Å²) in [5.41, 5.74) is 4.77. The quantitative estimate of drug-likeness (QED) is 0.630. The largest absolute Gasteiger partial charge is 0.497 e. The van der Waals surface area contributed by atoms with Gasteiger partial charge >= 0.3 is 0 Å². The van der Waals surface area contributed by atoms with E-state index in [9.17, 15) is 4.79 Å². The molecule has 1 aliphatic rings. The smallest absolute Gasteiger partial charge is 0.244 e. The van der Waals surface area contributed by atoms with E-state index in [1.54, 1.807) is 18.9 Å². The number of benzene rings is 2. The van der Waals surface area contributed by atoms with Crippen LogP contribution in [0.3, 0.4) is 0 Å². The van der Waals surface area contributed by atoms with Crippen molar-refractivity contribution in [3.8, 4) is 28.4 Å². The fourth-order valence-electron chi connectivity index (χ4n) is 3.88. The second-order valence-corrected chi connectivity index (χ2v) is 7.65. The zero-order chi connectivity index (χ0) is 22.0. The van der Waals surface area contributed by atoms with Crippen LogP contribution in [0.4, 0.5) is 0 Å². The summed E-state index contributed by atoms with van der Waals surface area (Å²) >= 11 is 0. The monoisotopic (exact) mass is 421 g/mol. The van der Waals surface area contributed by atoms with Crippen molar-refractivity contribution in [3.63, 3.8) is 0 Å². The van der Waals surface area contributed by atoms with Crippen molar-refractivity contribution in [2.45, 2.75) is 26.9 Å². The molecule has 0 bridgehead atoms. The second-order valence-electron chi connectivity index (χ2n) is 7.65. The Labute approximate surface area is 182 Å². The Bertz CT molecular complexity index is 1110. The molecule has 7 heteroatoms. The fraction of sp³-hybridized carbons (Fsp3) is 0.333. The molecule has 0 spiro atoms. The fourth-order valence-corrected chi connectivity index (χ4v) is 3.88. The number of rotatable bonds is 5. The third-order valence-corrected chi connectivity index (χ3v) is 5.46. The highest BCUT2D eigenvalue weighted by Crippen LogP contribution is 2.39. The van der Waals surface area contributed by atoms with Gasteiger partial charge in [-0.15, -0.1) is 0 Å². The van der Waals surface area contributed by atoms with E-state index >= 15 is 0 Å². The molecule has 0 N–H and O–H groups in total. The predicted molar refractivity (Wildman–Crippen MR) is 118 cm³/mol. The highest BCUT2D eigenvalue weighted by atomic mass is 16.5. The zero-order valence-electron chi connectivity index (χ0n) is 18.3. The van der Waals surface area contributed by atoms with Crippen LogP contribution in [0, 0.1) is 13.8 Å². The zero-order valence-corrected chi connectivity index (χ0v) is 18.3. The standard InChI is InChI=1S/C24H27N3O4/c1-16-10-17(2)27(25-16)15-23(28)26-8-9-31-24-20(14-26)11-19(13-22(24)30-4)18-6-5-7-21(12-18)29-3/h5-7,10-13H,8-9,14-15H2,1-4H3. The minimum Gasteiger partial charge on any atom is -0.497 e. The lowest BCUT2D eigenvalue weighted by molar-refractivity contribution is -0.132. The summed E-state index contributed by atoms with van der Waals surface area (Å²) in [6.45, 7) is 5.45. The van der Waals surface area contributed by atoms with E-state index < -0.39 is 0 Å². The van der Waals surface area contributed by atoms with Crippen LogP contribution in [-0.2, 0) is 17.9 Å². The van der Waals surface area contributed by atoms with E-state index in [2.05, 4.69) is 11.2 Å². The van der Waals surface area contributed by atoms with Crippen LogP contribution < -0.4 is 14.2 Å². The van der Waals surface area contributed by atoms with Crippen molar-refractivity contribution in [1.29, 1.82) is 0 Å². The molecule has 3 aromatic rings. The number of carbonyl (C=O) groups excluding carboxylic acids is 1. The van der Waals surface area contributed by atoms with Gasteiger partial charge in [-0.05, 0) is 55.3 Å². The summed E-state index contributed by atoms with van der Waals surface area (Å²) < 4.78 is 18.7. The summed E-state index contributed by atoms with van der Waals surface area (Å²) in [7, 11) is 3.28. The number of nitrogens with zero attached hydrogens (tertiary/aromatic N) is 3. The van der Waals surface area contributed by atoms with E-state index in [1.807, 2.05) is 55.1 Å². The van der Waals surface area contributed by atoms with Crippen molar-refractivity contribution < 1.29 is 19.0 Å². The summed E-state index contributed by atoms with van der Waals surface area (Å²) in [6, 6.07) is 13.8. The lowest BCUT2D eigenvalue weighted by atomic mass is 10.0. The third kappa shape index (κ3) is 4.35. The number of aromatic nitrogens is 2. The molecule has 31 heavy (non-hydrogen) atoms. The van der Waals surface area contributed by atoms with E-state index in [0.29, 0.717) is 31.2 Å². The molecule has 2 aromatic carbocycles. The van der Waals surface area contributed by atoms with Gasteiger partial charge in [0.1, 0.15) is 18.9 Å². The summed E-state index contributed by atoms with van der Waals surface area (Å²) in [6.07, 6.45) is 0. The number of ether oxygens (including phenoxy) is 3. The molecular formula is C24H27N3O4. The molecule has 0 unspecified atom stereocenters. The molecular weight excluding hydrogens is 394 g/mol. The van der Waals surface area contributed by atoms with Crippen molar-refractivity contribution in [2.24, 2.45) is 0 Å². The minimum absolute atomic E-state index is 0.00778. The van der Waals surface area contributed by atoms with Crippen LogP contribution >= 0.6 is 0 Å².